The van der Waals surface area contributed by atoms with Crippen LogP contribution in [-0.4, -0.2) is 19.5 Å². The molecule has 0 saturated carbocycles. The van der Waals surface area contributed by atoms with Crippen LogP contribution in [-0.2, 0) is 13.6 Å². The molecule has 0 aliphatic heterocycles. The van der Waals surface area contributed by atoms with Crippen molar-refractivity contribution in [2.75, 3.05) is 5.32 Å². The summed E-state index contributed by atoms with van der Waals surface area (Å²) in [5.41, 5.74) is 1.91. The first-order valence-corrected chi connectivity index (χ1v) is 5.17. The summed E-state index contributed by atoms with van der Waals surface area (Å²) in [7, 11) is 1.97. The third-order valence-electron chi connectivity index (χ3n) is 2.54. The van der Waals surface area contributed by atoms with E-state index in [9.17, 15) is 0 Å². The van der Waals surface area contributed by atoms with E-state index in [-0.39, 0.29) is 0 Å². The fourth-order valence-corrected chi connectivity index (χ4v) is 1.36. The topological polar surface area (TPSA) is 55.6 Å². The minimum atomic E-state index is 0.653. The molecular formula is C11H15N5. The van der Waals surface area contributed by atoms with Gasteiger partial charge >= 0.3 is 0 Å². The summed E-state index contributed by atoms with van der Waals surface area (Å²) in [6.45, 7) is 4.56. The number of anilines is 1. The van der Waals surface area contributed by atoms with Crippen molar-refractivity contribution in [1.82, 2.24) is 19.5 Å². The summed E-state index contributed by atoms with van der Waals surface area (Å²) in [4.78, 5) is 12.9. The molecule has 0 unspecified atom stereocenters. The van der Waals surface area contributed by atoms with E-state index >= 15 is 0 Å². The first kappa shape index (κ1) is 10.6. The van der Waals surface area contributed by atoms with E-state index in [1.165, 1.54) is 0 Å². The van der Waals surface area contributed by atoms with Gasteiger partial charge in [-0.2, -0.15) is 0 Å². The summed E-state index contributed by atoms with van der Waals surface area (Å²) < 4.78 is 1.97. The molecule has 2 aromatic heterocycles. The lowest BCUT2D eigenvalue weighted by atomic mass is 10.3. The molecule has 0 fully saturated rings. The number of imidazole rings is 1. The summed E-state index contributed by atoms with van der Waals surface area (Å²) in [6, 6.07) is 0. The van der Waals surface area contributed by atoms with Gasteiger partial charge in [0.25, 0.3) is 0 Å². The number of nitrogens with one attached hydrogen (secondary N) is 1. The summed E-state index contributed by atoms with van der Waals surface area (Å²) >= 11 is 0. The molecule has 84 valence electrons. The maximum atomic E-state index is 4.39. The molecule has 5 heteroatoms. The van der Waals surface area contributed by atoms with Crippen LogP contribution in [0, 0.1) is 13.8 Å². The van der Waals surface area contributed by atoms with Gasteiger partial charge < -0.3 is 9.88 Å². The molecule has 0 saturated heterocycles. The van der Waals surface area contributed by atoms with Gasteiger partial charge in [0.15, 0.2) is 0 Å². The Bertz CT molecular complexity index is 489. The molecule has 0 aromatic carbocycles. The fraction of sp³-hybridized carbons (Fsp3) is 0.364. The standard InChI is InChI=1S/C11H15N5/c1-8-9(2)15-10(6-13-8)14-7-11-12-4-5-16(11)3/h4-6H,7H2,1-3H3,(H,14,15). The van der Waals surface area contributed by atoms with Gasteiger partial charge in [-0.25, -0.2) is 9.97 Å². The van der Waals surface area contributed by atoms with E-state index < -0.39 is 0 Å². The smallest absolute Gasteiger partial charge is 0.145 e. The molecule has 0 aliphatic carbocycles. The highest BCUT2D eigenvalue weighted by Gasteiger charge is 2.01. The van der Waals surface area contributed by atoms with Crippen molar-refractivity contribution in [3.8, 4) is 0 Å². The molecule has 0 spiro atoms. The highest BCUT2D eigenvalue weighted by molar-refractivity contribution is 5.33. The van der Waals surface area contributed by atoms with Crippen molar-refractivity contribution in [3.05, 3.63) is 35.8 Å². The maximum absolute atomic E-state index is 4.39. The number of aryl methyl sites for hydroxylation is 3. The zero-order chi connectivity index (χ0) is 11.5. The van der Waals surface area contributed by atoms with Crippen molar-refractivity contribution in [1.29, 1.82) is 0 Å². The van der Waals surface area contributed by atoms with E-state index in [1.807, 2.05) is 31.7 Å². The molecule has 0 aliphatic rings. The van der Waals surface area contributed by atoms with Gasteiger partial charge in [0.05, 0.1) is 24.1 Å². The van der Waals surface area contributed by atoms with Gasteiger partial charge in [0.1, 0.15) is 11.6 Å². The minimum Gasteiger partial charge on any atom is -0.362 e. The molecule has 0 radical (unpaired) electrons. The Morgan fingerprint density at radius 1 is 1.25 bits per heavy atom. The quantitative estimate of drug-likeness (QED) is 0.845. The number of aromatic nitrogens is 4. The van der Waals surface area contributed by atoms with E-state index in [0.29, 0.717) is 6.54 Å². The summed E-state index contributed by atoms with van der Waals surface area (Å²) in [5.74, 6) is 1.76. The summed E-state index contributed by atoms with van der Waals surface area (Å²) in [6.07, 6.45) is 5.44. The molecule has 2 rings (SSSR count). The van der Waals surface area contributed by atoms with E-state index in [2.05, 4.69) is 20.3 Å². The fourth-order valence-electron chi connectivity index (χ4n) is 1.36. The van der Waals surface area contributed by atoms with Crippen LogP contribution >= 0.6 is 0 Å². The third-order valence-corrected chi connectivity index (χ3v) is 2.54. The minimum absolute atomic E-state index is 0.653. The molecule has 1 N–H and O–H groups in total. The lowest BCUT2D eigenvalue weighted by Crippen LogP contribution is -2.08. The molecular weight excluding hydrogens is 202 g/mol. The molecule has 2 heterocycles. The van der Waals surface area contributed by atoms with Crippen LogP contribution < -0.4 is 5.32 Å². The Labute approximate surface area is 94.6 Å². The SMILES string of the molecule is Cc1ncc(NCc2nccn2C)nc1C. The van der Waals surface area contributed by atoms with Crippen LogP contribution in [0.2, 0.25) is 0 Å². The van der Waals surface area contributed by atoms with Gasteiger partial charge in [-0.05, 0) is 13.8 Å². The van der Waals surface area contributed by atoms with E-state index in [0.717, 1.165) is 23.0 Å². The van der Waals surface area contributed by atoms with Crippen LogP contribution in [0.4, 0.5) is 5.82 Å². The van der Waals surface area contributed by atoms with Crippen molar-refractivity contribution in [2.24, 2.45) is 7.05 Å². The lowest BCUT2D eigenvalue weighted by molar-refractivity contribution is 0.809. The molecule has 5 nitrogen and oxygen atoms in total. The predicted molar refractivity (Wildman–Crippen MR) is 62.0 cm³/mol. The normalized spacial score (nSPS) is 10.4. The second-order valence-electron chi connectivity index (χ2n) is 3.73. The van der Waals surface area contributed by atoms with Crippen molar-refractivity contribution in [2.45, 2.75) is 20.4 Å². The number of hydrogen-bond acceptors (Lipinski definition) is 4. The molecule has 16 heavy (non-hydrogen) atoms. The van der Waals surface area contributed by atoms with Crippen molar-refractivity contribution in [3.63, 3.8) is 0 Å². The third kappa shape index (κ3) is 2.18. The van der Waals surface area contributed by atoms with Gasteiger partial charge in [-0.1, -0.05) is 0 Å². The largest absolute Gasteiger partial charge is 0.362 e. The number of nitrogens with zero attached hydrogens (tertiary/aromatic N) is 4. The maximum Gasteiger partial charge on any atom is 0.145 e. The van der Waals surface area contributed by atoms with E-state index in [1.54, 1.807) is 12.4 Å². The van der Waals surface area contributed by atoms with Gasteiger partial charge in [-0.15, -0.1) is 0 Å². The molecule has 0 atom stereocenters. The Kier molecular flexibility index (Phi) is 2.85. The number of hydrogen-bond donors (Lipinski definition) is 1. The Hall–Kier alpha value is -1.91. The first-order valence-electron chi connectivity index (χ1n) is 5.17. The lowest BCUT2D eigenvalue weighted by Gasteiger charge is -2.06. The van der Waals surface area contributed by atoms with Crippen LogP contribution in [0.15, 0.2) is 18.6 Å². The Morgan fingerprint density at radius 2 is 2.06 bits per heavy atom. The second-order valence-corrected chi connectivity index (χ2v) is 3.73. The monoisotopic (exact) mass is 217 g/mol. The van der Waals surface area contributed by atoms with Crippen LogP contribution in [0.3, 0.4) is 0 Å². The van der Waals surface area contributed by atoms with Crippen LogP contribution in [0.25, 0.3) is 0 Å². The van der Waals surface area contributed by atoms with Crippen LogP contribution in [0.5, 0.6) is 0 Å². The second kappa shape index (κ2) is 4.30. The average molecular weight is 217 g/mol. The summed E-state index contributed by atoms with van der Waals surface area (Å²) in [5, 5.41) is 3.20. The average Bonchev–Trinajstić information content (AvgIpc) is 2.66. The van der Waals surface area contributed by atoms with Crippen molar-refractivity contribution < 1.29 is 0 Å². The molecule has 2 aromatic rings. The van der Waals surface area contributed by atoms with Gasteiger partial charge in [0.2, 0.25) is 0 Å². The Balaban J connectivity index is 2.05. The van der Waals surface area contributed by atoms with Gasteiger partial charge in [0, 0.05) is 19.4 Å². The van der Waals surface area contributed by atoms with Crippen molar-refractivity contribution >= 4 is 5.82 Å². The molecule has 0 bridgehead atoms. The molecule has 0 amide bonds. The van der Waals surface area contributed by atoms with Crippen LogP contribution in [0.1, 0.15) is 17.2 Å². The zero-order valence-electron chi connectivity index (χ0n) is 9.73. The first-order chi connectivity index (χ1) is 7.66. The van der Waals surface area contributed by atoms with E-state index in [4.69, 9.17) is 0 Å². The Morgan fingerprint density at radius 3 is 2.69 bits per heavy atom. The van der Waals surface area contributed by atoms with Gasteiger partial charge in [-0.3, -0.25) is 4.98 Å². The highest BCUT2D eigenvalue weighted by Crippen LogP contribution is 2.06. The highest BCUT2D eigenvalue weighted by atomic mass is 15.1. The predicted octanol–water partition coefficient (Wildman–Crippen LogP) is 1.44. The number of rotatable bonds is 3. The zero-order valence-corrected chi connectivity index (χ0v) is 9.73.